The summed E-state index contributed by atoms with van der Waals surface area (Å²) in [6, 6.07) is 7.39. The molecule has 1 aliphatic heterocycles. The third-order valence-electron chi connectivity index (χ3n) is 3.19. The molecule has 102 valence electrons. The number of carbonyl (C=O) groups excluding carboxylic acids is 1. The van der Waals surface area contributed by atoms with E-state index in [1.165, 1.54) is 16.7 Å². The molecule has 0 aliphatic carbocycles. The monoisotopic (exact) mass is 280 g/mol. The average molecular weight is 280 g/mol. The van der Waals surface area contributed by atoms with E-state index in [1.807, 2.05) is 13.0 Å². The van der Waals surface area contributed by atoms with Gasteiger partial charge in [0.2, 0.25) is 5.91 Å². The Bertz CT molecular complexity index is 480. The summed E-state index contributed by atoms with van der Waals surface area (Å²) in [6.07, 6.45) is 0. The summed E-state index contributed by atoms with van der Waals surface area (Å²) < 4.78 is 0. The van der Waals surface area contributed by atoms with Gasteiger partial charge in [-0.25, -0.2) is 4.79 Å². The molecular weight excluding hydrogens is 264 g/mol. The van der Waals surface area contributed by atoms with Crippen molar-refractivity contribution in [2.24, 2.45) is 5.73 Å². The molecule has 0 aromatic heterocycles. The highest BCUT2D eigenvalue weighted by Gasteiger charge is 2.41. The molecule has 0 radical (unpaired) electrons. The zero-order chi connectivity index (χ0) is 14.0. The highest BCUT2D eigenvalue weighted by atomic mass is 32.2. The first kappa shape index (κ1) is 13.9. The smallest absolute Gasteiger partial charge is 0.327 e. The van der Waals surface area contributed by atoms with Gasteiger partial charge in [0, 0.05) is 5.75 Å². The van der Waals surface area contributed by atoms with Crippen molar-refractivity contribution in [1.29, 1.82) is 0 Å². The first-order valence-corrected chi connectivity index (χ1v) is 7.04. The lowest BCUT2D eigenvalue weighted by Gasteiger charge is -2.28. The summed E-state index contributed by atoms with van der Waals surface area (Å²) >= 11 is 1.45. The van der Waals surface area contributed by atoms with Gasteiger partial charge in [0.1, 0.15) is 12.1 Å². The molecule has 3 atom stereocenters. The van der Waals surface area contributed by atoms with Crippen molar-refractivity contribution in [3.63, 3.8) is 0 Å². The van der Waals surface area contributed by atoms with E-state index in [0.29, 0.717) is 11.3 Å². The van der Waals surface area contributed by atoms with E-state index in [-0.39, 0.29) is 11.3 Å². The molecule has 1 aliphatic rings. The van der Waals surface area contributed by atoms with E-state index in [2.05, 4.69) is 0 Å². The van der Waals surface area contributed by atoms with Crippen LogP contribution in [0, 0.1) is 0 Å². The van der Waals surface area contributed by atoms with Crippen molar-refractivity contribution in [3.8, 4) is 0 Å². The largest absolute Gasteiger partial charge is 0.480 e. The van der Waals surface area contributed by atoms with Gasteiger partial charge in [0.15, 0.2) is 0 Å². The zero-order valence-corrected chi connectivity index (χ0v) is 11.3. The number of carboxylic acid groups (broad SMARTS) is 1. The molecular formula is C13H16N2O3S. The maximum Gasteiger partial charge on any atom is 0.327 e. The molecule has 6 heteroatoms. The van der Waals surface area contributed by atoms with Gasteiger partial charge in [-0.1, -0.05) is 30.3 Å². The number of thioether (sulfide) groups is 1. The van der Waals surface area contributed by atoms with Crippen molar-refractivity contribution in [1.82, 2.24) is 4.90 Å². The summed E-state index contributed by atoms with van der Waals surface area (Å²) in [5.41, 5.74) is 6.64. The van der Waals surface area contributed by atoms with Gasteiger partial charge in [0.25, 0.3) is 0 Å². The van der Waals surface area contributed by atoms with E-state index in [4.69, 9.17) is 10.8 Å². The SMILES string of the molecule is CC1SCC(C(=O)O)N1C(=O)[C@H](N)c1ccccc1. The predicted octanol–water partition coefficient (Wildman–Crippen LogP) is 1.06. The number of hydrogen-bond donors (Lipinski definition) is 2. The van der Waals surface area contributed by atoms with Crippen molar-refractivity contribution >= 4 is 23.6 Å². The van der Waals surface area contributed by atoms with Crippen LogP contribution in [0.1, 0.15) is 18.5 Å². The van der Waals surface area contributed by atoms with Gasteiger partial charge in [-0.05, 0) is 12.5 Å². The van der Waals surface area contributed by atoms with Gasteiger partial charge in [-0.15, -0.1) is 11.8 Å². The number of carbonyl (C=O) groups is 2. The fourth-order valence-corrected chi connectivity index (χ4v) is 3.31. The topological polar surface area (TPSA) is 83.6 Å². The van der Waals surface area contributed by atoms with Crippen molar-refractivity contribution in [3.05, 3.63) is 35.9 Å². The Labute approximate surface area is 115 Å². The number of amides is 1. The molecule has 1 fully saturated rings. The first-order valence-electron chi connectivity index (χ1n) is 5.99. The van der Waals surface area contributed by atoms with Crippen LogP contribution < -0.4 is 5.73 Å². The summed E-state index contributed by atoms with van der Waals surface area (Å²) in [5, 5.41) is 8.99. The second-order valence-electron chi connectivity index (χ2n) is 4.42. The second kappa shape index (κ2) is 5.63. The van der Waals surface area contributed by atoms with Crippen LogP contribution in [-0.2, 0) is 9.59 Å². The second-order valence-corrected chi connectivity index (χ2v) is 5.77. The fraction of sp³-hybridized carbons (Fsp3) is 0.385. The number of nitrogens with two attached hydrogens (primary N) is 1. The molecule has 1 amide bonds. The molecule has 5 nitrogen and oxygen atoms in total. The first-order chi connectivity index (χ1) is 9.02. The molecule has 3 N–H and O–H groups in total. The Morgan fingerprint density at radius 2 is 2.05 bits per heavy atom. The van der Waals surface area contributed by atoms with Crippen molar-refractivity contribution in [2.45, 2.75) is 24.4 Å². The molecule has 0 bridgehead atoms. The molecule has 19 heavy (non-hydrogen) atoms. The molecule has 1 aromatic rings. The van der Waals surface area contributed by atoms with Gasteiger partial charge < -0.3 is 15.7 Å². The molecule has 2 unspecified atom stereocenters. The van der Waals surface area contributed by atoms with Crippen LogP contribution >= 0.6 is 11.8 Å². The van der Waals surface area contributed by atoms with Gasteiger partial charge >= 0.3 is 5.97 Å². The van der Waals surface area contributed by atoms with E-state index in [0.717, 1.165) is 0 Å². The Kier molecular flexibility index (Phi) is 4.11. The Hall–Kier alpha value is -1.53. The van der Waals surface area contributed by atoms with Crippen molar-refractivity contribution < 1.29 is 14.7 Å². The molecule has 2 rings (SSSR count). The predicted molar refractivity (Wildman–Crippen MR) is 73.6 cm³/mol. The van der Waals surface area contributed by atoms with Gasteiger partial charge in [-0.2, -0.15) is 0 Å². The van der Waals surface area contributed by atoms with E-state index in [1.54, 1.807) is 24.3 Å². The maximum absolute atomic E-state index is 12.4. The zero-order valence-electron chi connectivity index (χ0n) is 10.5. The summed E-state index contributed by atoms with van der Waals surface area (Å²) in [7, 11) is 0. The van der Waals surface area contributed by atoms with Crippen LogP contribution in [0.5, 0.6) is 0 Å². The number of nitrogens with zero attached hydrogens (tertiary/aromatic N) is 1. The standard InChI is InChI=1S/C13H16N2O3S/c1-8-15(10(7-19-8)13(17)18)12(16)11(14)9-5-3-2-4-6-9/h2-6,8,10-11H,7,14H2,1H3,(H,17,18)/t8?,10?,11-/m1/s1. The van der Waals surface area contributed by atoms with Gasteiger partial charge in [-0.3, -0.25) is 4.79 Å². The minimum atomic E-state index is -0.981. The Balaban J connectivity index is 2.20. The van der Waals surface area contributed by atoms with Gasteiger partial charge in [0.05, 0.1) is 5.37 Å². The summed E-state index contributed by atoms with van der Waals surface area (Å²) in [6.45, 7) is 1.82. The number of carboxylic acids is 1. The van der Waals surface area contributed by atoms with E-state index >= 15 is 0 Å². The number of hydrogen-bond acceptors (Lipinski definition) is 4. The molecule has 1 heterocycles. The van der Waals surface area contributed by atoms with Crippen LogP contribution in [0.15, 0.2) is 30.3 Å². The molecule has 1 aromatic carbocycles. The van der Waals surface area contributed by atoms with E-state index < -0.39 is 18.1 Å². The minimum absolute atomic E-state index is 0.164. The quantitative estimate of drug-likeness (QED) is 0.865. The Morgan fingerprint density at radius 1 is 1.42 bits per heavy atom. The molecule has 1 saturated heterocycles. The average Bonchev–Trinajstić information content (AvgIpc) is 2.80. The lowest BCUT2D eigenvalue weighted by Crippen LogP contribution is -2.48. The van der Waals surface area contributed by atoms with Crippen molar-refractivity contribution in [2.75, 3.05) is 5.75 Å². The minimum Gasteiger partial charge on any atom is -0.480 e. The third-order valence-corrected chi connectivity index (χ3v) is 4.40. The molecule has 0 saturated carbocycles. The summed E-state index contributed by atoms with van der Waals surface area (Å²) in [4.78, 5) is 24.9. The highest BCUT2D eigenvalue weighted by Crippen LogP contribution is 2.31. The highest BCUT2D eigenvalue weighted by molar-refractivity contribution is 8.00. The number of benzene rings is 1. The van der Waals surface area contributed by atoms with Crippen LogP contribution in [-0.4, -0.2) is 39.1 Å². The Morgan fingerprint density at radius 3 is 2.63 bits per heavy atom. The van der Waals surface area contributed by atoms with Crippen LogP contribution in [0.2, 0.25) is 0 Å². The fourth-order valence-electron chi connectivity index (χ4n) is 2.13. The van der Waals surface area contributed by atoms with Crippen LogP contribution in [0.4, 0.5) is 0 Å². The van der Waals surface area contributed by atoms with E-state index in [9.17, 15) is 9.59 Å². The lowest BCUT2D eigenvalue weighted by atomic mass is 10.1. The molecule has 0 spiro atoms. The number of rotatable bonds is 3. The van der Waals surface area contributed by atoms with Crippen LogP contribution in [0.25, 0.3) is 0 Å². The third kappa shape index (κ3) is 2.74. The normalized spacial score (nSPS) is 24.2. The summed E-state index contributed by atoms with van der Waals surface area (Å²) in [5.74, 6) is -0.912. The lowest BCUT2D eigenvalue weighted by molar-refractivity contribution is -0.149. The number of aliphatic carboxylic acids is 1. The van der Waals surface area contributed by atoms with Crippen LogP contribution in [0.3, 0.4) is 0 Å². The maximum atomic E-state index is 12.4.